The molecule has 1 saturated heterocycles. The monoisotopic (exact) mass is 232 g/mol. The lowest BCUT2D eigenvalue weighted by Crippen LogP contribution is -2.45. The Labute approximate surface area is 102 Å². The Kier molecular flexibility index (Phi) is 2.74. The van der Waals surface area contributed by atoms with Crippen molar-refractivity contribution >= 4 is 5.82 Å². The average Bonchev–Trinajstić information content (AvgIpc) is 2.79. The molecule has 2 N–H and O–H groups in total. The van der Waals surface area contributed by atoms with Crippen LogP contribution in [0.2, 0.25) is 0 Å². The predicted molar refractivity (Wildman–Crippen MR) is 68.2 cm³/mol. The van der Waals surface area contributed by atoms with E-state index in [-0.39, 0.29) is 5.54 Å². The topological polar surface area (TPSA) is 49.8 Å². The van der Waals surface area contributed by atoms with Crippen molar-refractivity contribution in [2.75, 3.05) is 18.4 Å². The Balaban J connectivity index is 1.83. The Bertz CT molecular complexity index is 410. The van der Waals surface area contributed by atoms with E-state index in [0.29, 0.717) is 0 Å². The van der Waals surface area contributed by atoms with Crippen LogP contribution in [0.5, 0.6) is 0 Å². The molecule has 1 aromatic heterocycles. The van der Waals surface area contributed by atoms with E-state index in [1.807, 2.05) is 0 Å². The zero-order valence-electron chi connectivity index (χ0n) is 10.4. The summed E-state index contributed by atoms with van der Waals surface area (Å²) in [5, 5.41) is 7.07. The van der Waals surface area contributed by atoms with Gasteiger partial charge >= 0.3 is 0 Å². The molecule has 0 spiro atoms. The van der Waals surface area contributed by atoms with Gasteiger partial charge in [-0.25, -0.2) is 9.97 Å². The van der Waals surface area contributed by atoms with Gasteiger partial charge in [-0.15, -0.1) is 0 Å². The van der Waals surface area contributed by atoms with Crippen LogP contribution in [-0.4, -0.2) is 28.6 Å². The number of nitrogens with zero attached hydrogens (tertiary/aromatic N) is 2. The minimum Gasteiger partial charge on any atom is -0.364 e. The van der Waals surface area contributed by atoms with Crippen LogP contribution in [0.1, 0.15) is 37.4 Å². The maximum Gasteiger partial charge on any atom is 0.133 e. The molecule has 0 atom stereocenters. The first-order valence-corrected chi connectivity index (χ1v) is 6.58. The normalized spacial score (nSPS) is 22.2. The fourth-order valence-corrected chi connectivity index (χ4v) is 2.86. The Hall–Kier alpha value is -1.16. The molecule has 1 aliphatic carbocycles. The second-order valence-corrected chi connectivity index (χ2v) is 5.44. The van der Waals surface area contributed by atoms with Crippen molar-refractivity contribution < 1.29 is 0 Å². The first-order chi connectivity index (χ1) is 8.27. The van der Waals surface area contributed by atoms with Gasteiger partial charge in [0.2, 0.25) is 0 Å². The van der Waals surface area contributed by atoms with Crippen molar-refractivity contribution in [3.05, 3.63) is 17.6 Å². The Morgan fingerprint density at radius 1 is 1.24 bits per heavy atom. The molecule has 1 aromatic rings. The molecule has 3 rings (SSSR count). The summed E-state index contributed by atoms with van der Waals surface area (Å²) in [6.07, 6.45) is 7.49. The number of fused-ring (bicyclic) bond motifs is 1. The summed E-state index contributed by atoms with van der Waals surface area (Å²) >= 11 is 0. The minimum absolute atomic E-state index is 0.190. The fourth-order valence-electron chi connectivity index (χ4n) is 2.86. The number of aryl methyl sites for hydroxylation is 1. The molecule has 92 valence electrons. The number of nitrogens with one attached hydrogen (secondary N) is 2. The van der Waals surface area contributed by atoms with Crippen LogP contribution in [0, 0.1) is 0 Å². The summed E-state index contributed by atoms with van der Waals surface area (Å²) in [5.74, 6) is 1.08. The van der Waals surface area contributed by atoms with E-state index in [4.69, 9.17) is 0 Å². The van der Waals surface area contributed by atoms with Crippen molar-refractivity contribution in [2.24, 2.45) is 0 Å². The molecule has 2 heterocycles. The van der Waals surface area contributed by atoms with Crippen molar-refractivity contribution in [1.29, 1.82) is 0 Å². The molecule has 0 bridgehead atoms. The maximum atomic E-state index is 4.45. The number of piperidine rings is 1. The smallest absolute Gasteiger partial charge is 0.133 e. The third-order valence-electron chi connectivity index (χ3n) is 4.00. The van der Waals surface area contributed by atoms with E-state index in [1.165, 1.54) is 17.7 Å². The third kappa shape index (κ3) is 2.14. The van der Waals surface area contributed by atoms with E-state index < -0.39 is 0 Å². The highest BCUT2D eigenvalue weighted by Gasteiger charge is 2.28. The van der Waals surface area contributed by atoms with Crippen molar-refractivity contribution in [2.45, 2.75) is 44.6 Å². The summed E-state index contributed by atoms with van der Waals surface area (Å²) in [6, 6.07) is 0. The molecule has 4 heteroatoms. The van der Waals surface area contributed by atoms with Gasteiger partial charge in [-0.1, -0.05) is 0 Å². The van der Waals surface area contributed by atoms with Crippen LogP contribution in [0.3, 0.4) is 0 Å². The van der Waals surface area contributed by atoms with Crippen LogP contribution < -0.4 is 10.6 Å². The van der Waals surface area contributed by atoms with Crippen LogP contribution in [0.25, 0.3) is 0 Å². The van der Waals surface area contributed by atoms with Gasteiger partial charge < -0.3 is 10.6 Å². The van der Waals surface area contributed by atoms with E-state index in [0.717, 1.165) is 44.6 Å². The van der Waals surface area contributed by atoms with Gasteiger partial charge in [-0.2, -0.15) is 0 Å². The zero-order valence-corrected chi connectivity index (χ0v) is 10.4. The largest absolute Gasteiger partial charge is 0.364 e. The molecular weight excluding hydrogens is 212 g/mol. The molecule has 0 unspecified atom stereocenters. The summed E-state index contributed by atoms with van der Waals surface area (Å²) in [4.78, 5) is 8.82. The molecule has 1 fully saturated rings. The van der Waals surface area contributed by atoms with Crippen LogP contribution in [0.4, 0.5) is 5.82 Å². The van der Waals surface area contributed by atoms with Gasteiger partial charge in [0.15, 0.2) is 0 Å². The lowest BCUT2D eigenvalue weighted by molar-refractivity contribution is 0.364. The number of aromatic nitrogens is 2. The van der Waals surface area contributed by atoms with E-state index in [9.17, 15) is 0 Å². The minimum atomic E-state index is 0.190. The summed E-state index contributed by atoms with van der Waals surface area (Å²) in [5.41, 5.74) is 2.79. The number of rotatable bonds is 2. The van der Waals surface area contributed by atoms with E-state index in [1.54, 1.807) is 6.33 Å². The van der Waals surface area contributed by atoms with Gasteiger partial charge in [0.05, 0.1) is 0 Å². The van der Waals surface area contributed by atoms with Crippen molar-refractivity contribution in [3.8, 4) is 0 Å². The highest BCUT2D eigenvalue weighted by Crippen LogP contribution is 2.29. The number of anilines is 1. The number of hydrogen-bond donors (Lipinski definition) is 2. The molecule has 0 saturated carbocycles. The van der Waals surface area contributed by atoms with Gasteiger partial charge in [-0.05, 0) is 52.1 Å². The quantitative estimate of drug-likeness (QED) is 0.811. The molecule has 0 aromatic carbocycles. The van der Waals surface area contributed by atoms with E-state index >= 15 is 0 Å². The summed E-state index contributed by atoms with van der Waals surface area (Å²) in [6.45, 7) is 4.49. The Morgan fingerprint density at radius 3 is 2.88 bits per heavy atom. The molecule has 2 aliphatic rings. The first-order valence-electron chi connectivity index (χ1n) is 6.58. The fraction of sp³-hybridized carbons (Fsp3) is 0.692. The SMILES string of the molecule is CC1(Nc2ncnc3c2CCC3)CCNCC1. The van der Waals surface area contributed by atoms with Gasteiger partial charge in [0, 0.05) is 16.8 Å². The second kappa shape index (κ2) is 4.26. The van der Waals surface area contributed by atoms with Crippen molar-refractivity contribution in [3.63, 3.8) is 0 Å². The van der Waals surface area contributed by atoms with Gasteiger partial charge in [-0.3, -0.25) is 0 Å². The molecular formula is C13H20N4. The van der Waals surface area contributed by atoms with Crippen LogP contribution in [0.15, 0.2) is 6.33 Å². The maximum absolute atomic E-state index is 4.45. The molecule has 0 amide bonds. The molecule has 1 aliphatic heterocycles. The lowest BCUT2D eigenvalue weighted by atomic mass is 9.90. The first kappa shape index (κ1) is 11.0. The van der Waals surface area contributed by atoms with Crippen LogP contribution in [-0.2, 0) is 12.8 Å². The molecule has 4 nitrogen and oxygen atoms in total. The number of hydrogen-bond acceptors (Lipinski definition) is 4. The van der Waals surface area contributed by atoms with E-state index in [2.05, 4.69) is 27.5 Å². The van der Waals surface area contributed by atoms with Gasteiger partial charge in [0.1, 0.15) is 12.1 Å². The second-order valence-electron chi connectivity index (χ2n) is 5.44. The molecule has 0 radical (unpaired) electrons. The zero-order chi connectivity index (χ0) is 11.7. The Morgan fingerprint density at radius 2 is 2.06 bits per heavy atom. The van der Waals surface area contributed by atoms with Crippen molar-refractivity contribution in [1.82, 2.24) is 15.3 Å². The molecule has 17 heavy (non-hydrogen) atoms. The lowest BCUT2D eigenvalue weighted by Gasteiger charge is -2.36. The summed E-state index contributed by atoms with van der Waals surface area (Å²) < 4.78 is 0. The highest BCUT2D eigenvalue weighted by molar-refractivity contribution is 5.49. The summed E-state index contributed by atoms with van der Waals surface area (Å²) in [7, 11) is 0. The highest BCUT2D eigenvalue weighted by atomic mass is 15.1. The van der Waals surface area contributed by atoms with Gasteiger partial charge in [0.25, 0.3) is 0 Å². The third-order valence-corrected chi connectivity index (χ3v) is 4.00. The predicted octanol–water partition coefficient (Wildman–Crippen LogP) is 1.52. The standard InChI is InChI=1S/C13H20N4/c1-13(5-7-14-8-6-13)17-12-10-3-2-4-11(10)15-9-16-12/h9,14H,2-8H2,1H3,(H,15,16,17). The average molecular weight is 232 g/mol. The van der Waals surface area contributed by atoms with Crippen LogP contribution >= 0.6 is 0 Å².